The van der Waals surface area contributed by atoms with Gasteiger partial charge in [-0.3, -0.25) is 11.3 Å². The van der Waals surface area contributed by atoms with Gasteiger partial charge < -0.3 is 0 Å². The van der Waals surface area contributed by atoms with E-state index >= 15 is 0 Å². The lowest BCUT2D eigenvalue weighted by Crippen LogP contribution is -2.42. The first-order chi connectivity index (χ1) is 8.88. The molecule has 0 spiro atoms. The van der Waals surface area contributed by atoms with Crippen LogP contribution in [0.15, 0.2) is 24.3 Å². The average Bonchev–Trinajstić information content (AvgIpc) is 2.35. The lowest BCUT2D eigenvalue weighted by Gasteiger charge is -2.23. The molecule has 0 heterocycles. The summed E-state index contributed by atoms with van der Waals surface area (Å²) in [6.07, 6.45) is 3.13. The Morgan fingerprint density at radius 1 is 1.21 bits per heavy atom. The van der Waals surface area contributed by atoms with E-state index in [9.17, 15) is 0 Å². The minimum Gasteiger partial charge on any atom is -0.271 e. The lowest BCUT2D eigenvalue weighted by molar-refractivity contribution is 0.410. The number of hydrogen-bond donors (Lipinski definition) is 2. The van der Waals surface area contributed by atoms with Crippen molar-refractivity contribution in [3.05, 3.63) is 35.4 Å². The van der Waals surface area contributed by atoms with Crippen molar-refractivity contribution in [3.8, 4) is 0 Å². The minimum absolute atomic E-state index is 0.218. The summed E-state index contributed by atoms with van der Waals surface area (Å²) in [7, 11) is 0. The average molecular weight is 280 g/mol. The normalized spacial score (nSPS) is 15.3. The van der Waals surface area contributed by atoms with Gasteiger partial charge in [-0.05, 0) is 40.9 Å². The molecule has 0 bridgehead atoms. The van der Waals surface area contributed by atoms with Crippen LogP contribution in [0.25, 0.3) is 0 Å². The maximum absolute atomic E-state index is 5.69. The number of benzene rings is 1. The van der Waals surface area contributed by atoms with E-state index in [4.69, 9.17) is 5.84 Å². The van der Waals surface area contributed by atoms with E-state index in [0.29, 0.717) is 12.0 Å². The molecular formula is C16H28N2S. The highest BCUT2D eigenvalue weighted by molar-refractivity contribution is 7.98. The Balaban J connectivity index is 2.71. The highest BCUT2D eigenvalue weighted by Gasteiger charge is 2.17. The van der Waals surface area contributed by atoms with Crippen molar-refractivity contribution in [2.75, 3.05) is 12.0 Å². The summed E-state index contributed by atoms with van der Waals surface area (Å²) in [5.41, 5.74) is 5.92. The smallest absolute Gasteiger partial charge is 0.0284 e. The van der Waals surface area contributed by atoms with Crippen molar-refractivity contribution in [3.63, 3.8) is 0 Å². The van der Waals surface area contributed by atoms with Gasteiger partial charge in [0.2, 0.25) is 0 Å². The molecule has 2 unspecified atom stereocenters. The van der Waals surface area contributed by atoms with Gasteiger partial charge in [0, 0.05) is 6.04 Å². The van der Waals surface area contributed by atoms with Gasteiger partial charge in [-0.1, -0.05) is 52.0 Å². The molecule has 1 aromatic rings. The van der Waals surface area contributed by atoms with Gasteiger partial charge >= 0.3 is 0 Å². The van der Waals surface area contributed by atoms with Crippen LogP contribution < -0.4 is 11.3 Å². The SMILES string of the molecule is CSCC(C)C(Cc1ccc(C(C)(C)C)cc1)NN. The topological polar surface area (TPSA) is 38.0 Å². The van der Waals surface area contributed by atoms with Gasteiger partial charge in [0.05, 0.1) is 0 Å². The van der Waals surface area contributed by atoms with Crippen molar-refractivity contribution >= 4 is 11.8 Å². The maximum Gasteiger partial charge on any atom is 0.0284 e. The Hall–Kier alpha value is -0.510. The largest absolute Gasteiger partial charge is 0.271 e. The van der Waals surface area contributed by atoms with Crippen LogP contribution in [0.3, 0.4) is 0 Å². The van der Waals surface area contributed by atoms with Gasteiger partial charge in [0.25, 0.3) is 0 Å². The predicted molar refractivity (Wildman–Crippen MR) is 87.5 cm³/mol. The van der Waals surface area contributed by atoms with Crippen LogP contribution in [0.4, 0.5) is 0 Å². The molecule has 0 aliphatic rings. The standard InChI is InChI=1S/C16H28N2S/c1-12(11-19-5)15(18-17)10-13-6-8-14(9-7-13)16(2,3)4/h6-9,12,15,18H,10-11,17H2,1-5H3. The highest BCUT2D eigenvalue weighted by Crippen LogP contribution is 2.23. The third kappa shape index (κ3) is 5.17. The van der Waals surface area contributed by atoms with Crippen LogP contribution >= 0.6 is 11.8 Å². The summed E-state index contributed by atoms with van der Waals surface area (Å²) in [5.74, 6) is 7.40. The van der Waals surface area contributed by atoms with Gasteiger partial charge in [-0.2, -0.15) is 11.8 Å². The maximum atomic E-state index is 5.69. The lowest BCUT2D eigenvalue weighted by atomic mass is 9.86. The summed E-state index contributed by atoms with van der Waals surface area (Å²) in [6, 6.07) is 9.28. The van der Waals surface area contributed by atoms with Crippen LogP contribution in [0.1, 0.15) is 38.8 Å². The first kappa shape index (κ1) is 16.5. The molecular weight excluding hydrogens is 252 g/mol. The molecule has 1 aromatic carbocycles. The van der Waals surface area contributed by atoms with Gasteiger partial charge in [0.1, 0.15) is 0 Å². The Morgan fingerprint density at radius 2 is 1.79 bits per heavy atom. The summed E-state index contributed by atoms with van der Waals surface area (Å²) in [4.78, 5) is 0. The van der Waals surface area contributed by atoms with E-state index in [1.54, 1.807) is 0 Å². The molecule has 1 rings (SSSR count). The van der Waals surface area contributed by atoms with Crippen LogP contribution in [-0.2, 0) is 11.8 Å². The predicted octanol–water partition coefficient (Wildman–Crippen LogP) is 3.36. The zero-order valence-electron chi connectivity index (χ0n) is 12.9. The molecule has 0 saturated heterocycles. The van der Waals surface area contributed by atoms with E-state index in [-0.39, 0.29) is 5.41 Å². The van der Waals surface area contributed by atoms with Crippen molar-refractivity contribution < 1.29 is 0 Å². The van der Waals surface area contributed by atoms with Crippen molar-refractivity contribution in [2.24, 2.45) is 11.8 Å². The number of thioether (sulfide) groups is 1. The van der Waals surface area contributed by atoms with Crippen LogP contribution in [0.2, 0.25) is 0 Å². The van der Waals surface area contributed by atoms with E-state index in [2.05, 4.69) is 63.6 Å². The Labute approximate surface area is 122 Å². The van der Waals surface area contributed by atoms with Gasteiger partial charge in [-0.15, -0.1) is 0 Å². The molecule has 0 aliphatic carbocycles. The second-order valence-electron chi connectivity index (χ2n) is 6.36. The molecule has 2 nitrogen and oxygen atoms in total. The van der Waals surface area contributed by atoms with Crippen LogP contribution in [0, 0.1) is 5.92 Å². The summed E-state index contributed by atoms with van der Waals surface area (Å²) < 4.78 is 0. The van der Waals surface area contributed by atoms with Gasteiger partial charge in [-0.25, -0.2) is 0 Å². The Kier molecular flexibility index (Phi) is 6.37. The summed E-state index contributed by atoms with van der Waals surface area (Å²) in [6.45, 7) is 8.98. The number of nitrogens with two attached hydrogens (primary N) is 1. The van der Waals surface area contributed by atoms with E-state index in [0.717, 1.165) is 12.2 Å². The molecule has 3 heteroatoms. The summed E-state index contributed by atoms with van der Waals surface area (Å²) in [5, 5.41) is 0. The van der Waals surface area contributed by atoms with E-state index in [1.807, 2.05) is 11.8 Å². The minimum atomic E-state index is 0.218. The highest BCUT2D eigenvalue weighted by atomic mass is 32.2. The molecule has 108 valence electrons. The fraction of sp³-hybridized carbons (Fsp3) is 0.625. The number of hydrogen-bond acceptors (Lipinski definition) is 3. The van der Waals surface area contributed by atoms with Crippen LogP contribution in [0.5, 0.6) is 0 Å². The number of nitrogens with one attached hydrogen (secondary N) is 1. The first-order valence-electron chi connectivity index (χ1n) is 6.93. The van der Waals surface area contributed by atoms with Crippen molar-refractivity contribution in [2.45, 2.75) is 45.6 Å². The molecule has 3 N–H and O–H groups in total. The molecule has 0 aliphatic heterocycles. The molecule has 19 heavy (non-hydrogen) atoms. The third-order valence-corrected chi connectivity index (χ3v) is 4.47. The first-order valence-corrected chi connectivity index (χ1v) is 8.32. The third-order valence-electron chi connectivity index (χ3n) is 3.61. The Bertz CT molecular complexity index is 367. The van der Waals surface area contributed by atoms with Crippen molar-refractivity contribution in [1.29, 1.82) is 0 Å². The molecule has 0 saturated carbocycles. The fourth-order valence-electron chi connectivity index (χ4n) is 2.20. The van der Waals surface area contributed by atoms with E-state index in [1.165, 1.54) is 11.1 Å². The van der Waals surface area contributed by atoms with Crippen molar-refractivity contribution in [1.82, 2.24) is 5.43 Å². The van der Waals surface area contributed by atoms with E-state index < -0.39 is 0 Å². The molecule has 0 radical (unpaired) electrons. The monoisotopic (exact) mass is 280 g/mol. The second kappa shape index (κ2) is 7.32. The van der Waals surface area contributed by atoms with Crippen LogP contribution in [-0.4, -0.2) is 18.1 Å². The zero-order valence-corrected chi connectivity index (χ0v) is 13.7. The second-order valence-corrected chi connectivity index (χ2v) is 7.27. The Morgan fingerprint density at radius 3 is 2.21 bits per heavy atom. The molecule has 2 atom stereocenters. The quantitative estimate of drug-likeness (QED) is 0.620. The fourth-order valence-corrected chi connectivity index (χ4v) is 2.96. The van der Waals surface area contributed by atoms with Gasteiger partial charge in [0.15, 0.2) is 0 Å². The molecule has 0 amide bonds. The molecule has 0 fully saturated rings. The number of rotatable bonds is 6. The number of hydrazine groups is 1. The summed E-state index contributed by atoms with van der Waals surface area (Å²) >= 11 is 1.87. The molecule has 0 aromatic heterocycles. The zero-order chi connectivity index (χ0) is 14.5.